The molecule has 2 aromatic rings. The zero-order valence-corrected chi connectivity index (χ0v) is 12.4. The molecule has 6 heteroatoms. The van der Waals surface area contributed by atoms with E-state index < -0.39 is 11.9 Å². The SMILES string of the molecule is O=C(NO)C1CN(C(=O)c2ccccc2)c2ccccc2CN1. The molecule has 0 saturated heterocycles. The van der Waals surface area contributed by atoms with Gasteiger partial charge in [-0.15, -0.1) is 0 Å². The van der Waals surface area contributed by atoms with E-state index in [-0.39, 0.29) is 12.5 Å². The van der Waals surface area contributed by atoms with E-state index in [0.717, 1.165) is 11.3 Å². The zero-order chi connectivity index (χ0) is 16.2. The maximum Gasteiger partial charge on any atom is 0.262 e. The predicted octanol–water partition coefficient (Wildman–Crippen LogP) is 1.31. The summed E-state index contributed by atoms with van der Waals surface area (Å²) < 4.78 is 0. The molecule has 1 unspecified atom stereocenters. The minimum Gasteiger partial charge on any atom is -0.306 e. The van der Waals surface area contributed by atoms with Crippen LogP contribution in [0.3, 0.4) is 0 Å². The largest absolute Gasteiger partial charge is 0.306 e. The number of rotatable bonds is 2. The summed E-state index contributed by atoms with van der Waals surface area (Å²) in [6.45, 7) is 0.573. The number of carbonyl (C=O) groups is 2. The molecule has 118 valence electrons. The van der Waals surface area contributed by atoms with Gasteiger partial charge in [-0.05, 0) is 23.8 Å². The van der Waals surface area contributed by atoms with Gasteiger partial charge >= 0.3 is 0 Å². The van der Waals surface area contributed by atoms with E-state index >= 15 is 0 Å². The first kappa shape index (κ1) is 15.2. The van der Waals surface area contributed by atoms with E-state index in [9.17, 15) is 9.59 Å². The van der Waals surface area contributed by atoms with E-state index in [0.29, 0.717) is 12.1 Å². The van der Waals surface area contributed by atoms with Gasteiger partial charge in [-0.3, -0.25) is 14.8 Å². The Bertz CT molecular complexity index is 718. The van der Waals surface area contributed by atoms with Crippen LogP contribution in [-0.4, -0.2) is 29.6 Å². The standard InChI is InChI=1S/C17H17N3O3/c21-16(19-23)14-11-20(17(22)12-6-2-1-3-7-12)15-9-5-4-8-13(15)10-18-14/h1-9,14,18,23H,10-11H2,(H,19,21). The molecule has 0 fully saturated rings. The molecule has 0 saturated carbocycles. The molecule has 23 heavy (non-hydrogen) atoms. The highest BCUT2D eigenvalue weighted by Gasteiger charge is 2.30. The summed E-state index contributed by atoms with van der Waals surface area (Å²) in [6.07, 6.45) is 0. The minimum absolute atomic E-state index is 0.136. The van der Waals surface area contributed by atoms with Gasteiger partial charge in [0.1, 0.15) is 6.04 Å². The summed E-state index contributed by atoms with van der Waals surface area (Å²) in [5, 5.41) is 12.0. The number of hydrogen-bond donors (Lipinski definition) is 3. The van der Waals surface area contributed by atoms with Gasteiger partial charge in [0.15, 0.2) is 0 Å². The molecule has 1 aliphatic rings. The van der Waals surface area contributed by atoms with Crippen molar-refractivity contribution < 1.29 is 14.8 Å². The lowest BCUT2D eigenvalue weighted by molar-refractivity contribution is -0.131. The van der Waals surface area contributed by atoms with Crippen LogP contribution in [0.1, 0.15) is 15.9 Å². The number of amides is 2. The van der Waals surface area contributed by atoms with Gasteiger partial charge in [-0.25, -0.2) is 5.48 Å². The van der Waals surface area contributed by atoms with Gasteiger partial charge in [-0.1, -0.05) is 36.4 Å². The van der Waals surface area contributed by atoms with Crippen LogP contribution in [-0.2, 0) is 11.3 Å². The van der Waals surface area contributed by atoms with Crippen LogP contribution in [0.5, 0.6) is 0 Å². The lowest BCUT2D eigenvalue weighted by Gasteiger charge is -2.25. The summed E-state index contributed by atoms with van der Waals surface area (Å²) in [5.41, 5.74) is 3.88. The average Bonchev–Trinajstić information content (AvgIpc) is 2.81. The number of para-hydroxylation sites is 1. The van der Waals surface area contributed by atoms with Crippen LogP contribution in [0, 0.1) is 0 Å². The Morgan fingerprint density at radius 1 is 1.09 bits per heavy atom. The molecule has 0 spiro atoms. The molecule has 1 heterocycles. The quantitative estimate of drug-likeness (QED) is 0.577. The molecule has 3 rings (SSSR count). The Kier molecular flexibility index (Phi) is 4.36. The fourth-order valence-electron chi connectivity index (χ4n) is 2.68. The van der Waals surface area contributed by atoms with Crippen molar-refractivity contribution >= 4 is 17.5 Å². The highest BCUT2D eigenvalue weighted by atomic mass is 16.5. The van der Waals surface area contributed by atoms with Crippen molar-refractivity contribution in [2.45, 2.75) is 12.6 Å². The van der Waals surface area contributed by atoms with Gasteiger partial charge < -0.3 is 10.2 Å². The summed E-state index contributed by atoms with van der Waals surface area (Å²) >= 11 is 0. The van der Waals surface area contributed by atoms with Gasteiger partial charge in [-0.2, -0.15) is 0 Å². The Morgan fingerprint density at radius 2 is 1.78 bits per heavy atom. The number of carbonyl (C=O) groups excluding carboxylic acids is 2. The molecule has 0 radical (unpaired) electrons. The lowest BCUT2D eigenvalue weighted by atomic mass is 10.1. The van der Waals surface area contributed by atoms with Crippen LogP contribution in [0.25, 0.3) is 0 Å². The van der Waals surface area contributed by atoms with Crippen molar-refractivity contribution in [2.75, 3.05) is 11.4 Å². The van der Waals surface area contributed by atoms with E-state index in [1.54, 1.807) is 34.6 Å². The van der Waals surface area contributed by atoms with Crippen LogP contribution in [0.15, 0.2) is 54.6 Å². The Balaban J connectivity index is 1.99. The zero-order valence-electron chi connectivity index (χ0n) is 12.4. The second-order valence-corrected chi connectivity index (χ2v) is 5.32. The number of nitrogens with one attached hydrogen (secondary N) is 2. The highest BCUT2D eigenvalue weighted by Crippen LogP contribution is 2.25. The van der Waals surface area contributed by atoms with E-state index in [2.05, 4.69) is 5.32 Å². The van der Waals surface area contributed by atoms with E-state index in [1.807, 2.05) is 30.3 Å². The van der Waals surface area contributed by atoms with Gasteiger partial charge in [0.05, 0.1) is 6.54 Å². The van der Waals surface area contributed by atoms with Crippen LogP contribution < -0.4 is 15.7 Å². The van der Waals surface area contributed by atoms with Crippen LogP contribution in [0.4, 0.5) is 5.69 Å². The third-order valence-electron chi connectivity index (χ3n) is 3.88. The average molecular weight is 311 g/mol. The van der Waals surface area contributed by atoms with Gasteiger partial charge in [0.2, 0.25) is 0 Å². The van der Waals surface area contributed by atoms with Crippen LogP contribution >= 0.6 is 0 Å². The summed E-state index contributed by atoms with van der Waals surface area (Å²) in [6, 6.07) is 15.7. The van der Waals surface area contributed by atoms with Gasteiger partial charge in [0.25, 0.3) is 11.8 Å². The van der Waals surface area contributed by atoms with Crippen molar-refractivity contribution in [1.82, 2.24) is 10.8 Å². The monoisotopic (exact) mass is 311 g/mol. The third kappa shape index (κ3) is 3.08. The van der Waals surface area contributed by atoms with Crippen molar-refractivity contribution in [3.63, 3.8) is 0 Å². The number of fused-ring (bicyclic) bond motifs is 1. The third-order valence-corrected chi connectivity index (χ3v) is 3.88. The number of hydroxylamine groups is 1. The molecule has 3 N–H and O–H groups in total. The van der Waals surface area contributed by atoms with Crippen molar-refractivity contribution in [1.29, 1.82) is 0 Å². The molecule has 0 aromatic heterocycles. The van der Waals surface area contributed by atoms with E-state index in [4.69, 9.17) is 5.21 Å². The molecule has 0 aliphatic carbocycles. The molecule has 0 bridgehead atoms. The molecule has 1 atom stereocenters. The Morgan fingerprint density at radius 3 is 2.52 bits per heavy atom. The Labute approximate surface area is 133 Å². The maximum atomic E-state index is 12.9. The molecule has 1 aliphatic heterocycles. The number of benzene rings is 2. The first-order valence-electron chi connectivity index (χ1n) is 7.33. The maximum absolute atomic E-state index is 12.9. The molecular weight excluding hydrogens is 294 g/mol. The number of nitrogens with zero attached hydrogens (tertiary/aromatic N) is 1. The summed E-state index contributed by atoms with van der Waals surface area (Å²) in [5.74, 6) is -0.749. The lowest BCUT2D eigenvalue weighted by Crippen LogP contribution is -2.49. The second kappa shape index (κ2) is 6.60. The number of anilines is 1. The van der Waals surface area contributed by atoms with Crippen molar-refractivity contribution in [3.05, 3.63) is 65.7 Å². The van der Waals surface area contributed by atoms with Crippen molar-refractivity contribution in [3.8, 4) is 0 Å². The second-order valence-electron chi connectivity index (χ2n) is 5.32. The molecule has 2 aromatic carbocycles. The topological polar surface area (TPSA) is 81.7 Å². The predicted molar refractivity (Wildman–Crippen MR) is 85.1 cm³/mol. The summed E-state index contributed by atoms with van der Waals surface area (Å²) in [4.78, 5) is 26.3. The molecular formula is C17H17N3O3. The smallest absolute Gasteiger partial charge is 0.262 e. The fourth-order valence-corrected chi connectivity index (χ4v) is 2.68. The number of hydrogen-bond acceptors (Lipinski definition) is 4. The normalized spacial score (nSPS) is 17.1. The highest BCUT2D eigenvalue weighted by molar-refractivity contribution is 6.07. The molecule has 2 amide bonds. The molecule has 6 nitrogen and oxygen atoms in total. The van der Waals surface area contributed by atoms with E-state index in [1.165, 1.54) is 0 Å². The summed E-state index contributed by atoms with van der Waals surface area (Å²) in [7, 11) is 0. The van der Waals surface area contributed by atoms with Crippen molar-refractivity contribution in [2.24, 2.45) is 0 Å². The minimum atomic E-state index is -0.694. The van der Waals surface area contributed by atoms with Gasteiger partial charge in [0, 0.05) is 17.8 Å². The van der Waals surface area contributed by atoms with Crippen LogP contribution in [0.2, 0.25) is 0 Å². The fraction of sp³-hybridized carbons (Fsp3) is 0.176. The first-order valence-corrected chi connectivity index (χ1v) is 7.33. The first-order chi connectivity index (χ1) is 11.2. The Hall–Kier alpha value is -2.70.